The summed E-state index contributed by atoms with van der Waals surface area (Å²) in [6, 6.07) is 0. The lowest BCUT2D eigenvalue weighted by Crippen LogP contribution is -2.27. The van der Waals surface area contributed by atoms with Gasteiger partial charge in [0.2, 0.25) is 0 Å². The summed E-state index contributed by atoms with van der Waals surface area (Å²) in [5.41, 5.74) is 0. The number of nitrogens with zero attached hydrogens (tertiary/aromatic N) is 1. The zero-order chi connectivity index (χ0) is 38.9. The average molecular weight is 752 g/mol. The van der Waals surface area contributed by atoms with E-state index in [9.17, 15) is 14.7 Å². The summed E-state index contributed by atoms with van der Waals surface area (Å²) in [4.78, 5) is 27.7. The van der Waals surface area contributed by atoms with E-state index in [1.165, 1.54) is 154 Å². The predicted octanol–water partition coefficient (Wildman–Crippen LogP) is 13.7. The number of aliphatic hydroxyl groups is 1. The maximum Gasteiger partial charge on any atom is 0.308 e. The van der Waals surface area contributed by atoms with Crippen LogP contribution in [0.5, 0.6) is 0 Å². The van der Waals surface area contributed by atoms with Crippen molar-refractivity contribution < 1.29 is 24.2 Å². The van der Waals surface area contributed by atoms with Crippen molar-refractivity contribution >= 4 is 11.9 Å². The summed E-state index contributed by atoms with van der Waals surface area (Å²) < 4.78 is 11.6. The molecule has 6 nitrogen and oxygen atoms in total. The van der Waals surface area contributed by atoms with Gasteiger partial charge in [-0.1, -0.05) is 169 Å². The zero-order valence-corrected chi connectivity index (χ0v) is 36.3. The minimum Gasteiger partial charge on any atom is -0.466 e. The van der Waals surface area contributed by atoms with Crippen LogP contribution in [0.3, 0.4) is 0 Å². The van der Waals surface area contributed by atoms with Crippen molar-refractivity contribution in [1.82, 2.24) is 4.90 Å². The minimum atomic E-state index is -0.0216. The highest BCUT2D eigenvalue weighted by molar-refractivity contribution is 5.72. The van der Waals surface area contributed by atoms with Crippen LogP contribution in [0.1, 0.15) is 246 Å². The number of ether oxygens (including phenoxy) is 2. The Bertz CT molecular complexity index is 745. The third kappa shape index (κ3) is 37.6. The van der Waals surface area contributed by atoms with E-state index >= 15 is 0 Å². The number of carbonyl (C=O) groups excluding carboxylic acids is 2. The molecule has 6 heteroatoms. The second-order valence-electron chi connectivity index (χ2n) is 16.4. The van der Waals surface area contributed by atoms with Crippen LogP contribution in [-0.2, 0) is 19.1 Å². The van der Waals surface area contributed by atoms with Crippen molar-refractivity contribution in [1.29, 1.82) is 0 Å². The van der Waals surface area contributed by atoms with E-state index in [4.69, 9.17) is 9.47 Å². The maximum atomic E-state index is 13.1. The number of unbranched alkanes of at least 4 members (excludes halogenated alkanes) is 24. The van der Waals surface area contributed by atoms with Crippen molar-refractivity contribution in [2.24, 2.45) is 5.92 Å². The average Bonchev–Trinajstić information content (AvgIpc) is 3.15. The van der Waals surface area contributed by atoms with Gasteiger partial charge in [-0.15, -0.1) is 0 Å². The highest BCUT2D eigenvalue weighted by atomic mass is 16.5. The van der Waals surface area contributed by atoms with Crippen molar-refractivity contribution in [3.8, 4) is 0 Å². The van der Waals surface area contributed by atoms with E-state index in [-0.39, 0.29) is 30.6 Å². The van der Waals surface area contributed by atoms with Crippen molar-refractivity contribution in [3.05, 3.63) is 0 Å². The SMILES string of the molecule is CCCCCCCCCOC(=O)CCCCCCCN(CCCCO)CCCCCCC(C)C(=O)OC(CCCCCCCC)CCCCCCCC. The highest BCUT2D eigenvalue weighted by Gasteiger charge is 2.19. The van der Waals surface area contributed by atoms with Gasteiger partial charge in [0, 0.05) is 13.0 Å². The Kier molecular flexibility index (Phi) is 41.1. The van der Waals surface area contributed by atoms with Gasteiger partial charge < -0.3 is 19.5 Å². The van der Waals surface area contributed by atoms with Gasteiger partial charge in [0.1, 0.15) is 6.10 Å². The molecule has 0 saturated heterocycles. The van der Waals surface area contributed by atoms with E-state index < -0.39 is 0 Å². The molecular formula is C47H93NO5. The highest BCUT2D eigenvalue weighted by Crippen LogP contribution is 2.20. The molecule has 0 aromatic heterocycles. The Morgan fingerprint density at radius 1 is 0.491 bits per heavy atom. The largest absolute Gasteiger partial charge is 0.466 e. The van der Waals surface area contributed by atoms with Crippen LogP contribution in [0.15, 0.2) is 0 Å². The van der Waals surface area contributed by atoms with Crippen LogP contribution in [0, 0.1) is 5.92 Å². The molecule has 0 saturated carbocycles. The molecular weight excluding hydrogens is 659 g/mol. The summed E-state index contributed by atoms with van der Waals surface area (Å²) in [6.07, 6.45) is 39.9. The van der Waals surface area contributed by atoms with Crippen molar-refractivity contribution in [3.63, 3.8) is 0 Å². The summed E-state index contributed by atoms with van der Waals surface area (Å²) in [5.74, 6) is -0.00502. The molecule has 0 aliphatic rings. The van der Waals surface area contributed by atoms with Gasteiger partial charge in [-0.05, 0) is 90.3 Å². The Hall–Kier alpha value is -1.14. The first-order valence-corrected chi connectivity index (χ1v) is 23.7. The number of rotatable bonds is 43. The molecule has 0 heterocycles. The maximum absolute atomic E-state index is 13.1. The molecule has 1 atom stereocenters. The monoisotopic (exact) mass is 752 g/mol. The molecule has 0 aromatic rings. The number of aliphatic hydroxyl groups excluding tert-OH is 1. The summed E-state index contributed by atoms with van der Waals surface area (Å²) in [6.45, 7) is 13.0. The first-order valence-electron chi connectivity index (χ1n) is 23.7. The Labute approximate surface area is 331 Å². The molecule has 1 N–H and O–H groups in total. The topological polar surface area (TPSA) is 76.1 Å². The molecule has 0 aromatic carbocycles. The van der Waals surface area contributed by atoms with Crippen LogP contribution in [0.4, 0.5) is 0 Å². The standard InChI is InChI=1S/C47H93NO5/c1-5-8-11-14-17-25-34-43-52-46(50)38-29-21-18-23-30-39-48(41-32-33-42-49)40-31-24-22-26-35-44(4)47(51)53-45(36-27-19-15-12-9-6-2)37-28-20-16-13-10-7-3/h44-45,49H,5-43H2,1-4H3. The molecule has 53 heavy (non-hydrogen) atoms. The molecule has 0 aliphatic carbocycles. The van der Waals surface area contributed by atoms with Crippen molar-refractivity contribution in [2.45, 2.75) is 252 Å². The van der Waals surface area contributed by atoms with E-state index in [1.54, 1.807) is 0 Å². The molecule has 0 fully saturated rings. The quantitative estimate of drug-likeness (QED) is 0.0494. The van der Waals surface area contributed by atoms with Crippen LogP contribution >= 0.6 is 0 Å². The lowest BCUT2D eigenvalue weighted by atomic mass is 10.0. The lowest BCUT2D eigenvalue weighted by Gasteiger charge is -2.22. The number of esters is 2. The molecule has 0 bridgehead atoms. The van der Waals surface area contributed by atoms with E-state index in [2.05, 4.69) is 32.6 Å². The van der Waals surface area contributed by atoms with Crippen LogP contribution in [0.2, 0.25) is 0 Å². The first-order chi connectivity index (χ1) is 26.0. The summed E-state index contributed by atoms with van der Waals surface area (Å²) in [7, 11) is 0. The fraction of sp³-hybridized carbons (Fsp3) is 0.957. The van der Waals surface area contributed by atoms with E-state index in [0.29, 0.717) is 13.0 Å². The normalized spacial score (nSPS) is 12.2. The minimum absolute atomic E-state index is 0.0119. The van der Waals surface area contributed by atoms with Gasteiger partial charge in [-0.25, -0.2) is 0 Å². The molecule has 316 valence electrons. The van der Waals surface area contributed by atoms with E-state index in [1.807, 2.05) is 0 Å². The number of carbonyl (C=O) groups is 2. The van der Waals surface area contributed by atoms with Crippen LogP contribution < -0.4 is 0 Å². The predicted molar refractivity (Wildman–Crippen MR) is 228 cm³/mol. The van der Waals surface area contributed by atoms with Crippen LogP contribution in [-0.4, -0.2) is 60.9 Å². The lowest BCUT2D eigenvalue weighted by molar-refractivity contribution is -0.154. The van der Waals surface area contributed by atoms with Gasteiger partial charge in [0.25, 0.3) is 0 Å². The number of hydrogen-bond acceptors (Lipinski definition) is 6. The van der Waals surface area contributed by atoms with Crippen LogP contribution in [0.25, 0.3) is 0 Å². The van der Waals surface area contributed by atoms with Gasteiger partial charge >= 0.3 is 11.9 Å². The molecule has 1 unspecified atom stereocenters. The Morgan fingerprint density at radius 2 is 0.887 bits per heavy atom. The summed E-state index contributed by atoms with van der Waals surface area (Å²) >= 11 is 0. The first kappa shape index (κ1) is 51.9. The fourth-order valence-corrected chi connectivity index (χ4v) is 7.34. The van der Waals surface area contributed by atoms with Gasteiger partial charge in [-0.3, -0.25) is 9.59 Å². The molecule has 0 rings (SSSR count). The molecule has 0 aliphatic heterocycles. The van der Waals surface area contributed by atoms with Gasteiger partial charge in [-0.2, -0.15) is 0 Å². The Balaban J connectivity index is 4.21. The Morgan fingerprint density at radius 3 is 1.38 bits per heavy atom. The zero-order valence-electron chi connectivity index (χ0n) is 36.3. The molecule has 0 radical (unpaired) electrons. The molecule has 0 amide bonds. The fourth-order valence-electron chi connectivity index (χ4n) is 7.34. The van der Waals surface area contributed by atoms with Crippen molar-refractivity contribution in [2.75, 3.05) is 32.8 Å². The van der Waals surface area contributed by atoms with Gasteiger partial charge in [0.05, 0.1) is 12.5 Å². The second-order valence-corrected chi connectivity index (χ2v) is 16.4. The number of hydrogen-bond donors (Lipinski definition) is 1. The third-order valence-electron chi connectivity index (χ3n) is 11.1. The van der Waals surface area contributed by atoms with Gasteiger partial charge in [0.15, 0.2) is 0 Å². The molecule has 0 spiro atoms. The third-order valence-corrected chi connectivity index (χ3v) is 11.1. The summed E-state index contributed by atoms with van der Waals surface area (Å²) in [5, 5.41) is 9.29. The smallest absolute Gasteiger partial charge is 0.308 e. The van der Waals surface area contributed by atoms with E-state index in [0.717, 1.165) is 77.4 Å². The second kappa shape index (κ2) is 42.0.